The number of carbonyl (C=O) groups excluding carboxylic acids is 1. The van der Waals surface area contributed by atoms with Crippen LogP contribution in [0.5, 0.6) is 0 Å². The zero-order valence-corrected chi connectivity index (χ0v) is 18.8. The zero-order chi connectivity index (χ0) is 21.9. The smallest absolute Gasteiger partial charge is 0.338 e. The van der Waals surface area contributed by atoms with Crippen LogP contribution < -0.4 is 4.90 Å². The molecule has 164 valence electrons. The average Bonchev–Trinajstić information content (AvgIpc) is 3.12. The van der Waals surface area contributed by atoms with Crippen LogP contribution in [-0.4, -0.2) is 46.9 Å². The predicted molar refractivity (Wildman–Crippen MR) is 117 cm³/mol. The number of rotatable bonds is 4. The second kappa shape index (κ2) is 9.51. The van der Waals surface area contributed by atoms with Crippen LogP contribution in [0.25, 0.3) is 0 Å². The van der Waals surface area contributed by atoms with Crippen LogP contribution in [0.2, 0.25) is 0 Å². The monoisotopic (exact) mass is 433 g/mol. The minimum absolute atomic E-state index is 0.0279. The molecule has 1 saturated carbocycles. The third-order valence-corrected chi connectivity index (χ3v) is 6.86. The van der Waals surface area contributed by atoms with Crippen molar-refractivity contribution in [2.45, 2.75) is 70.9 Å². The lowest BCUT2D eigenvalue weighted by molar-refractivity contribution is -0.124. The first kappa shape index (κ1) is 22.8. The van der Waals surface area contributed by atoms with Gasteiger partial charge in [-0.3, -0.25) is 9.69 Å². The molecular weight excluding hydrogens is 402 g/mol. The Morgan fingerprint density at radius 3 is 2.37 bits per heavy atom. The Labute approximate surface area is 182 Å². The molecule has 0 atom stereocenters. The molecule has 0 radical (unpaired) electrons. The van der Waals surface area contributed by atoms with E-state index in [1.807, 2.05) is 0 Å². The van der Waals surface area contributed by atoms with E-state index in [0.717, 1.165) is 25.7 Å². The number of aromatic carboxylic acids is 1. The number of aliphatic hydroxyl groups is 1. The normalized spacial score (nSPS) is 22.8. The van der Waals surface area contributed by atoms with E-state index in [9.17, 15) is 19.8 Å². The van der Waals surface area contributed by atoms with Gasteiger partial charge in [-0.2, -0.15) is 0 Å². The summed E-state index contributed by atoms with van der Waals surface area (Å²) in [6.07, 6.45) is 5.12. The predicted octanol–water partition coefficient (Wildman–Crippen LogP) is 3.91. The third kappa shape index (κ3) is 5.63. The molecule has 0 aromatic carbocycles. The van der Waals surface area contributed by atoms with Gasteiger partial charge in [0, 0.05) is 25.2 Å². The lowest BCUT2D eigenvalue weighted by Gasteiger charge is -2.37. The molecule has 1 amide bonds. The van der Waals surface area contributed by atoms with Crippen molar-refractivity contribution in [3.63, 3.8) is 0 Å². The van der Waals surface area contributed by atoms with Crippen LogP contribution in [0.3, 0.4) is 0 Å². The summed E-state index contributed by atoms with van der Waals surface area (Å²) in [4.78, 5) is 27.9. The van der Waals surface area contributed by atoms with E-state index >= 15 is 0 Å². The van der Waals surface area contributed by atoms with Crippen molar-refractivity contribution < 1.29 is 24.5 Å². The summed E-state index contributed by atoms with van der Waals surface area (Å²) >= 11 is 1.22. The number of carboxylic acids is 1. The van der Waals surface area contributed by atoms with E-state index in [0.29, 0.717) is 41.9 Å². The Bertz CT molecular complexity index is 830. The number of carbonyl (C=O) groups is 2. The summed E-state index contributed by atoms with van der Waals surface area (Å²) in [5.41, 5.74) is -1.08. The van der Waals surface area contributed by atoms with Gasteiger partial charge in [0.2, 0.25) is 5.91 Å². The first-order chi connectivity index (χ1) is 14.2. The molecule has 1 aliphatic heterocycles. The minimum atomic E-state index is -1.18. The molecular formula is C23H31NO5S. The van der Waals surface area contributed by atoms with E-state index < -0.39 is 11.6 Å². The first-order valence-corrected chi connectivity index (χ1v) is 11.5. The highest BCUT2D eigenvalue weighted by atomic mass is 32.1. The van der Waals surface area contributed by atoms with Gasteiger partial charge in [0.15, 0.2) is 0 Å². The van der Waals surface area contributed by atoms with Crippen LogP contribution in [0, 0.1) is 23.7 Å². The summed E-state index contributed by atoms with van der Waals surface area (Å²) in [5, 5.41) is 20.2. The molecule has 0 bridgehead atoms. The van der Waals surface area contributed by atoms with Crippen molar-refractivity contribution >= 4 is 28.2 Å². The molecule has 6 nitrogen and oxygen atoms in total. The highest BCUT2D eigenvalue weighted by Gasteiger charge is 2.36. The summed E-state index contributed by atoms with van der Waals surface area (Å²) in [5.74, 6) is 5.13. The van der Waals surface area contributed by atoms with Gasteiger partial charge in [-0.25, -0.2) is 4.79 Å². The van der Waals surface area contributed by atoms with E-state index in [1.54, 1.807) is 18.7 Å². The number of thiophene rings is 1. The highest BCUT2D eigenvalue weighted by molar-refractivity contribution is 7.17. The Morgan fingerprint density at radius 2 is 1.80 bits per heavy atom. The van der Waals surface area contributed by atoms with Crippen molar-refractivity contribution in [1.82, 2.24) is 0 Å². The molecule has 0 spiro atoms. The molecule has 1 aliphatic carbocycles. The van der Waals surface area contributed by atoms with Gasteiger partial charge in [-0.05, 0) is 64.4 Å². The van der Waals surface area contributed by atoms with Gasteiger partial charge < -0.3 is 14.9 Å². The highest BCUT2D eigenvalue weighted by Crippen LogP contribution is 2.38. The van der Waals surface area contributed by atoms with Gasteiger partial charge in [-0.15, -0.1) is 11.3 Å². The van der Waals surface area contributed by atoms with Gasteiger partial charge in [0.1, 0.15) is 10.6 Å². The molecule has 7 heteroatoms. The first-order valence-electron chi connectivity index (χ1n) is 10.7. The lowest BCUT2D eigenvalue weighted by atomic mass is 9.82. The minimum Gasteiger partial charge on any atom is -0.478 e. The van der Waals surface area contributed by atoms with Crippen LogP contribution in [0.4, 0.5) is 5.00 Å². The largest absolute Gasteiger partial charge is 0.478 e. The molecule has 2 fully saturated rings. The van der Waals surface area contributed by atoms with Crippen LogP contribution in [0.15, 0.2) is 6.07 Å². The van der Waals surface area contributed by atoms with E-state index in [2.05, 4.69) is 18.8 Å². The SMILES string of the molecule is CC1CCC(C(=O)N(c2sc(C#CC(C)(C)O)cc2C(=O)O)C2CCOCC2)CC1. The average molecular weight is 434 g/mol. The Kier molecular flexibility index (Phi) is 7.22. The third-order valence-electron chi connectivity index (χ3n) is 5.81. The zero-order valence-electron chi connectivity index (χ0n) is 17.9. The molecule has 2 aliphatic rings. The van der Waals surface area contributed by atoms with Gasteiger partial charge in [-0.1, -0.05) is 18.8 Å². The van der Waals surface area contributed by atoms with Gasteiger partial charge in [0.05, 0.1) is 10.4 Å². The fraction of sp³-hybridized carbons (Fsp3) is 0.652. The fourth-order valence-corrected chi connectivity index (χ4v) is 5.16. The second-order valence-electron chi connectivity index (χ2n) is 8.95. The molecule has 1 aromatic heterocycles. The van der Waals surface area contributed by atoms with Crippen molar-refractivity contribution in [3.05, 3.63) is 16.5 Å². The van der Waals surface area contributed by atoms with E-state index in [4.69, 9.17) is 4.74 Å². The Morgan fingerprint density at radius 1 is 1.17 bits per heavy atom. The topological polar surface area (TPSA) is 87.1 Å². The number of carboxylic acid groups (broad SMARTS) is 1. The standard InChI is InChI=1S/C23H31NO5S/c1-15-4-6-16(7-5-15)20(25)24(17-9-12-29-13-10-17)21-19(22(26)27)14-18(30-21)8-11-23(2,3)28/h14-17,28H,4-7,9-10,12-13H2,1-3H3,(H,26,27). The summed E-state index contributed by atoms with van der Waals surface area (Å²) in [6.45, 7) is 6.50. The molecule has 1 aromatic rings. The maximum atomic E-state index is 13.6. The molecule has 1 saturated heterocycles. The quantitative estimate of drug-likeness (QED) is 0.703. The fourth-order valence-electron chi connectivity index (χ4n) is 4.08. The number of hydrogen-bond donors (Lipinski definition) is 2. The van der Waals surface area contributed by atoms with Gasteiger partial charge >= 0.3 is 5.97 Å². The van der Waals surface area contributed by atoms with Crippen LogP contribution in [-0.2, 0) is 9.53 Å². The number of nitrogens with zero attached hydrogens (tertiary/aromatic N) is 1. The maximum Gasteiger partial charge on any atom is 0.338 e. The molecule has 2 heterocycles. The Balaban J connectivity index is 1.99. The number of ether oxygens (including phenoxy) is 1. The van der Waals surface area contributed by atoms with Crippen molar-refractivity contribution in [1.29, 1.82) is 0 Å². The van der Waals surface area contributed by atoms with Gasteiger partial charge in [0.25, 0.3) is 0 Å². The maximum absolute atomic E-state index is 13.6. The summed E-state index contributed by atoms with van der Waals surface area (Å²) in [7, 11) is 0. The van der Waals surface area contributed by atoms with Crippen LogP contribution in [0.1, 0.15) is 74.5 Å². The summed E-state index contributed by atoms with van der Waals surface area (Å²) < 4.78 is 5.48. The molecule has 0 unspecified atom stereocenters. The van der Waals surface area contributed by atoms with Crippen molar-refractivity contribution in [3.8, 4) is 11.8 Å². The lowest BCUT2D eigenvalue weighted by Crippen LogP contribution is -2.47. The number of hydrogen-bond acceptors (Lipinski definition) is 5. The molecule has 3 rings (SSSR count). The van der Waals surface area contributed by atoms with Crippen molar-refractivity contribution in [2.75, 3.05) is 18.1 Å². The van der Waals surface area contributed by atoms with E-state index in [-0.39, 0.29) is 23.4 Å². The van der Waals surface area contributed by atoms with E-state index in [1.165, 1.54) is 17.4 Å². The number of anilines is 1. The second-order valence-corrected chi connectivity index (χ2v) is 9.98. The number of amides is 1. The Hall–Kier alpha value is -1.88. The summed E-state index contributed by atoms with van der Waals surface area (Å²) in [6, 6.07) is 1.45. The molecule has 30 heavy (non-hydrogen) atoms. The van der Waals surface area contributed by atoms with Crippen molar-refractivity contribution in [2.24, 2.45) is 11.8 Å². The van der Waals surface area contributed by atoms with Crippen LogP contribution >= 0.6 is 11.3 Å². The molecule has 2 N–H and O–H groups in total.